The molecule has 2 rings (SSSR count). The highest BCUT2D eigenvalue weighted by Gasteiger charge is 2.15. The highest BCUT2D eigenvalue weighted by molar-refractivity contribution is 6.30. The average Bonchev–Trinajstić information content (AvgIpc) is 2.44. The zero-order valence-electron chi connectivity index (χ0n) is 11.3. The first-order valence-corrected chi connectivity index (χ1v) is 7.28. The molecule has 1 saturated heterocycles. The highest BCUT2D eigenvalue weighted by atomic mass is 35.5. The van der Waals surface area contributed by atoms with Gasteiger partial charge in [0.25, 0.3) is 5.69 Å². The molecule has 0 aromatic heterocycles. The van der Waals surface area contributed by atoms with Gasteiger partial charge in [0.1, 0.15) is 0 Å². The molecular formula is C14H19ClN2O3. The van der Waals surface area contributed by atoms with Gasteiger partial charge in [-0.1, -0.05) is 18.0 Å². The monoisotopic (exact) mass is 298 g/mol. The number of ether oxygens (including phenoxy) is 1. The molecule has 20 heavy (non-hydrogen) atoms. The first-order valence-electron chi connectivity index (χ1n) is 6.91. The quantitative estimate of drug-likeness (QED) is 0.497. The Balaban J connectivity index is 1.81. The third kappa shape index (κ3) is 4.44. The standard InChI is InChI=1S/C14H19ClN2O3/c15-12-4-5-14(17(18)19)11(9-12)10-20-8-6-13-3-1-2-7-16-13/h4-5,9,13,16H,1-3,6-8,10H2. The maximum absolute atomic E-state index is 10.9. The second kappa shape index (κ2) is 7.57. The predicted octanol–water partition coefficient (Wildman–Crippen LogP) is 3.30. The molecule has 1 aromatic carbocycles. The lowest BCUT2D eigenvalue weighted by Gasteiger charge is -2.23. The number of benzene rings is 1. The van der Waals surface area contributed by atoms with Crippen LogP contribution < -0.4 is 5.32 Å². The summed E-state index contributed by atoms with van der Waals surface area (Å²) >= 11 is 5.87. The van der Waals surface area contributed by atoms with Crippen LogP contribution in [0.4, 0.5) is 5.69 Å². The predicted molar refractivity (Wildman–Crippen MR) is 78.0 cm³/mol. The molecule has 1 atom stereocenters. The number of nitrogens with one attached hydrogen (secondary N) is 1. The molecule has 0 bridgehead atoms. The van der Waals surface area contributed by atoms with Crippen LogP contribution in [0, 0.1) is 10.1 Å². The molecular weight excluding hydrogens is 280 g/mol. The Morgan fingerprint density at radius 2 is 2.30 bits per heavy atom. The number of hydrogen-bond acceptors (Lipinski definition) is 4. The number of hydrogen-bond donors (Lipinski definition) is 1. The van der Waals surface area contributed by atoms with E-state index in [1.807, 2.05) is 0 Å². The van der Waals surface area contributed by atoms with Crippen LogP contribution >= 0.6 is 11.6 Å². The Morgan fingerprint density at radius 1 is 1.45 bits per heavy atom. The van der Waals surface area contributed by atoms with Gasteiger partial charge in [0.05, 0.1) is 17.1 Å². The van der Waals surface area contributed by atoms with E-state index in [1.165, 1.54) is 31.4 Å². The maximum Gasteiger partial charge on any atom is 0.275 e. The van der Waals surface area contributed by atoms with Crippen molar-refractivity contribution in [1.29, 1.82) is 0 Å². The lowest BCUT2D eigenvalue weighted by Crippen LogP contribution is -2.34. The first kappa shape index (κ1) is 15.2. The number of piperidine rings is 1. The minimum atomic E-state index is -0.405. The van der Waals surface area contributed by atoms with Crippen molar-refractivity contribution in [3.05, 3.63) is 38.9 Å². The largest absolute Gasteiger partial charge is 0.376 e. The number of rotatable bonds is 6. The van der Waals surface area contributed by atoms with Gasteiger partial charge in [-0.3, -0.25) is 10.1 Å². The summed E-state index contributed by atoms with van der Waals surface area (Å²) in [7, 11) is 0. The molecule has 5 nitrogen and oxygen atoms in total. The van der Waals surface area contributed by atoms with Gasteiger partial charge in [-0.15, -0.1) is 0 Å². The smallest absolute Gasteiger partial charge is 0.275 e. The van der Waals surface area contributed by atoms with Crippen LogP contribution in [0.15, 0.2) is 18.2 Å². The zero-order chi connectivity index (χ0) is 14.4. The summed E-state index contributed by atoms with van der Waals surface area (Å²) in [5, 5.41) is 14.8. The van der Waals surface area contributed by atoms with Gasteiger partial charge in [-0.05, 0) is 37.9 Å². The van der Waals surface area contributed by atoms with Crippen molar-refractivity contribution in [3.63, 3.8) is 0 Å². The maximum atomic E-state index is 10.9. The van der Waals surface area contributed by atoms with Crippen molar-refractivity contribution in [2.24, 2.45) is 0 Å². The fraction of sp³-hybridized carbons (Fsp3) is 0.571. The molecule has 0 spiro atoms. The molecule has 1 aromatic rings. The normalized spacial score (nSPS) is 18.9. The molecule has 0 radical (unpaired) electrons. The Labute approximate surface area is 123 Å². The second-order valence-electron chi connectivity index (χ2n) is 5.02. The molecule has 1 aliphatic rings. The van der Waals surface area contributed by atoms with Crippen molar-refractivity contribution in [3.8, 4) is 0 Å². The Bertz CT molecular complexity index is 462. The Hall–Kier alpha value is -1.17. The third-order valence-electron chi connectivity index (χ3n) is 3.52. The number of halogens is 1. The summed E-state index contributed by atoms with van der Waals surface area (Å²) in [5.41, 5.74) is 0.587. The van der Waals surface area contributed by atoms with Gasteiger partial charge in [0, 0.05) is 23.7 Å². The molecule has 1 fully saturated rings. The minimum absolute atomic E-state index is 0.0604. The van der Waals surface area contributed by atoms with Crippen LogP contribution in [0.25, 0.3) is 0 Å². The van der Waals surface area contributed by atoms with Crippen LogP contribution in [0.1, 0.15) is 31.2 Å². The topological polar surface area (TPSA) is 64.4 Å². The highest BCUT2D eigenvalue weighted by Crippen LogP contribution is 2.23. The minimum Gasteiger partial charge on any atom is -0.376 e. The van der Waals surface area contributed by atoms with Crippen molar-refractivity contribution in [1.82, 2.24) is 5.32 Å². The van der Waals surface area contributed by atoms with Gasteiger partial charge in [0.2, 0.25) is 0 Å². The van der Waals surface area contributed by atoms with E-state index in [0.717, 1.165) is 13.0 Å². The number of nitro groups is 1. The molecule has 0 amide bonds. The molecule has 6 heteroatoms. The van der Waals surface area contributed by atoms with Crippen molar-refractivity contribution >= 4 is 17.3 Å². The molecule has 0 saturated carbocycles. The van der Waals surface area contributed by atoms with Crippen LogP contribution in [0.5, 0.6) is 0 Å². The molecule has 1 N–H and O–H groups in total. The zero-order valence-corrected chi connectivity index (χ0v) is 12.1. The molecule has 0 aliphatic carbocycles. The third-order valence-corrected chi connectivity index (χ3v) is 3.75. The summed E-state index contributed by atoms with van der Waals surface area (Å²) in [4.78, 5) is 10.5. The average molecular weight is 299 g/mol. The second-order valence-corrected chi connectivity index (χ2v) is 5.45. The van der Waals surface area contributed by atoms with Crippen molar-refractivity contribution in [2.75, 3.05) is 13.2 Å². The lowest BCUT2D eigenvalue weighted by atomic mass is 10.0. The van der Waals surface area contributed by atoms with E-state index in [0.29, 0.717) is 23.2 Å². The van der Waals surface area contributed by atoms with Crippen LogP contribution in [0.3, 0.4) is 0 Å². The van der Waals surface area contributed by atoms with Crippen molar-refractivity contribution in [2.45, 2.75) is 38.3 Å². The van der Waals surface area contributed by atoms with E-state index in [2.05, 4.69) is 5.32 Å². The summed E-state index contributed by atoms with van der Waals surface area (Å²) in [6.07, 6.45) is 4.62. The molecule has 1 heterocycles. The van der Waals surface area contributed by atoms with E-state index in [1.54, 1.807) is 6.07 Å². The summed E-state index contributed by atoms with van der Waals surface area (Å²) in [5.74, 6) is 0. The molecule has 1 aliphatic heterocycles. The van der Waals surface area contributed by atoms with Crippen LogP contribution in [-0.4, -0.2) is 24.1 Å². The summed E-state index contributed by atoms with van der Waals surface area (Å²) in [6.45, 7) is 1.90. The van der Waals surface area contributed by atoms with E-state index in [9.17, 15) is 10.1 Å². The summed E-state index contributed by atoms with van der Waals surface area (Å²) < 4.78 is 5.57. The van der Waals surface area contributed by atoms with Gasteiger partial charge in [0.15, 0.2) is 0 Å². The van der Waals surface area contributed by atoms with Gasteiger partial charge in [-0.2, -0.15) is 0 Å². The lowest BCUT2D eigenvalue weighted by molar-refractivity contribution is -0.385. The van der Waals surface area contributed by atoms with Gasteiger partial charge < -0.3 is 10.1 Å². The van der Waals surface area contributed by atoms with E-state index >= 15 is 0 Å². The number of nitrogens with zero attached hydrogens (tertiary/aromatic N) is 1. The van der Waals surface area contributed by atoms with Crippen molar-refractivity contribution < 1.29 is 9.66 Å². The molecule has 110 valence electrons. The van der Waals surface area contributed by atoms with Gasteiger partial charge >= 0.3 is 0 Å². The molecule has 1 unspecified atom stereocenters. The first-order chi connectivity index (χ1) is 9.66. The van der Waals surface area contributed by atoms with Crippen LogP contribution in [0.2, 0.25) is 5.02 Å². The SMILES string of the molecule is O=[N+]([O-])c1ccc(Cl)cc1COCCC1CCCCN1. The van der Waals surface area contributed by atoms with E-state index in [4.69, 9.17) is 16.3 Å². The van der Waals surface area contributed by atoms with E-state index in [-0.39, 0.29) is 12.3 Å². The van der Waals surface area contributed by atoms with Gasteiger partial charge in [-0.25, -0.2) is 0 Å². The Morgan fingerprint density at radius 3 is 3.00 bits per heavy atom. The fourth-order valence-electron chi connectivity index (χ4n) is 2.43. The van der Waals surface area contributed by atoms with E-state index < -0.39 is 4.92 Å². The summed E-state index contributed by atoms with van der Waals surface area (Å²) in [6, 6.07) is 5.05. The Kier molecular flexibility index (Phi) is 5.76. The van der Waals surface area contributed by atoms with Crippen LogP contribution in [-0.2, 0) is 11.3 Å². The fourth-order valence-corrected chi connectivity index (χ4v) is 2.62. The number of nitro benzene ring substituents is 1.